The zero-order valence-electron chi connectivity index (χ0n) is 13.6. The summed E-state index contributed by atoms with van der Waals surface area (Å²) in [7, 11) is 1.61. The highest BCUT2D eigenvalue weighted by atomic mass is 16.5. The van der Waals surface area contributed by atoms with Crippen LogP contribution in [-0.2, 0) is 11.2 Å². The molecular weight excluding hydrogens is 322 g/mol. The van der Waals surface area contributed by atoms with Gasteiger partial charge in [-0.1, -0.05) is 6.07 Å². The van der Waals surface area contributed by atoms with E-state index in [9.17, 15) is 9.59 Å². The smallest absolute Gasteiger partial charge is 0.323 e. The lowest BCUT2D eigenvalue weighted by atomic mass is 9.96. The largest absolute Gasteiger partial charge is 0.497 e. The maximum Gasteiger partial charge on any atom is 0.323 e. The van der Waals surface area contributed by atoms with Crippen molar-refractivity contribution in [2.24, 2.45) is 5.92 Å². The van der Waals surface area contributed by atoms with Crippen LogP contribution in [-0.4, -0.2) is 29.6 Å². The Morgan fingerprint density at radius 3 is 2.88 bits per heavy atom. The molecule has 0 spiro atoms. The lowest BCUT2D eigenvalue weighted by molar-refractivity contribution is -0.121. The Labute approximate surface area is 143 Å². The Hall–Kier alpha value is -3.22. The van der Waals surface area contributed by atoms with Crippen molar-refractivity contribution in [3.63, 3.8) is 0 Å². The van der Waals surface area contributed by atoms with E-state index < -0.39 is 0 Å². The summed E-state index contributed by atoms with van der Waals surface area (Å²) in [6.07, 6.45) is 0.606. The van der Waals surface area contributed by atoms with E-state index in [-0.39, 0.29) is 17.5 Å². The van der Waals surface area contributed by atoms with Gasteiger partial charge in [-0.3, -0.25) is 4.79 Å². The molecular formula is C18H17N3O4. The summed E-state index contributed by atoms with van der Waals surface area (Å²) in [6.45, 7) is 0.315. The first-order valence-electron chi connectivity index (χ1n) is 7.95. The van der Waals surface area contributed by atoms with Crippen molar-refractivity contribution >= 4 is 22.6 Å². The fourth-order valence-corrected chi connectivity index (χ4v) is 3.00. The van der Waals surface area contributed by atoms with Crippen LogP contribution in [0.25, 0.3) is 11.0 Å². The van der Waals surface area contributed by atoms with E-state index in [0.29, 0.717) is 29.7 Å². The minimum Gasteiger partial charge on any atom is -0.497 e. The molecule has 0 bridgehead atoms. The molecule has 0 saturated heterocycles. The zero-order chi connectivity index (χ0) is 17.4. The normalized spacial score (nSPS) is 16.1. The third-order valence-electron chi connectivity index (χ3n) is 4.33. The van der Waals surface area contributed by atoms with Crippen LogP contribution in [0, 0.1) is 5.92 Å². The summed E-state index contributed by atoms with van der Waals surface area (Å²) in [5, 5.41) is 2.89. The van der Waals surface area contributed by atoms with Gasteiger partial charge < -0.3 is 24.8 Å². The number of hydrogen-bond acceptors (Lipinski definition) is 4. The summed E-state index contributed by atoms with van der Waals surface area (Å²) in [5.74, 6) is 1.10. The standard InChI is InChI=1S/C18H17N3O4/c1-24-13-4-2-10-6-11(9-25-16(10)8-13)17(22)19-12-3-5-14-15(7-12)21-18(23)20-14/h2-5,7-8,11H,6,9H2,1H3,(H,19,22)(H2,20,21,23)/t11-/m1/s1. The number of benzene rings is 2. The van der Waals surface area contributed by atoms with Crippen LogP contribution >= 0.6 is 0 Å². The summed E-state index contributed by atoms with van der Waals surface area (Å²) in [5.41, 5.74) is 2.70. The Balaban J connectivity index is 1.49. The van der Waals surface area contributed by atoms with Crippen LogP contribution in [0.4, 0.5) is 5.69 Å². The number of ether oxygens (including phenoxy) is 2. The highest BCUT2D eigenvalue weighted by molar-refractivity contribution is 5.94. The van der Waals surface area contributed by atoms with E-state index in [1.807, 2.05) is 18.2 Å². The molecule has 25 heavy (non-hydrogen) atoms. The molecule has 0 unspecified atom stereocenters. The minimum absolute atomic E-state index is 0.112. The predicted octanol–water partition coefficient (Wildman–Crippen LogP) is 2.05. The number of fused-ring (bicyclic) bond motifs is 2. The first-order valence-corrected chi connectivity index (χ1v) is 7.95. The van der Waals surface area contributed by atoms with Crippen LogP contribution in [0.5, 0.6) is 11.5 Å². The third-order valence-corrected chi connectivity index (χ3v) is 4.33. The Morgan fingerprint density at radius 2 is 2.04 bits per heavy atom. The molecule has 3 aromatic rings. The first-order chi connectivity index (χ1) is 12.1. The molecule has 0 radical (unpaired) electrons. The Kier molecular flexibility index (Phi) is 3.68. The van der Waals surface area contributed by atoms with Gasteiger partial charge in [0.15, 0.2) is 0 Å². The predicted molar refractivity (Wildman–Crippen MR) is 93.2 cm³/mol. The van der Waals surface area contributed by atoms with Crippen LogP contribution in [0.15, 0.2) is 41.2 Å². The molecule has 2 heterocycles. The molecule has 128 valence electrons. The number of anilines is 1. The lowest BCUT2D eigenvalue weighted by Crippen LogP contribution is -2.32. The molecule has 7 nitrogen and oxygen atoms in total. The van der Waals surface area contributed by atoms with Gasteiger partial charge in [-0.25, -0.2) is 4.79 Å². The number of carbonyl (C=O) groups is 1. The second kappa shape index (κ2) is 6.01. The highest BCUT2D eigenvalue weighted by Crippen LogP contribution is 2.31. The van der Waals surface area contributed by atoms with Crippen molar-refractivity contribution in [1.82, 2.24) is 9.97 Å². The zero-order valence-corrected chi connectivity index (χ0v) is 13.6. The van der Waals surface area contributed by atoms with Crippen LogP contribution in [0.3, 0.4) is 0 Å². The van der Waals surface area contributed by atoms with Crippen molar-refractivity contribution in [3.8, 4) is 11.5 Å². The molecule has 0 saturated carbocycles. The van der Waals surface area contributed by atoms with Gasteiger partial charge in [0.25, 0.3) is 0 Å². The number of aromatic amines is 2. The molecule has 1 aliphatic heterocycles. The molecule has 3 N–H and O–H groups in total. The lowest BCUT2D eigenvalue weighted by Gasteiger charge is -2.25. The number of amides is 1. The number of imidazole rings is 1. The fraction of sp³-hybridized carbons (Fsp3) is 0.222. The maximum absolute atomic E-state index is 12.5. The molecule has 1 amide bonds. The van der Waals surface area contributed by atoms with Gasteiger partial charge >= 0.3 is 5.69 Å². The number of H-pyrrole nitrogens is 2. The van der Waals surface area contributed by atoms with Crippen molar-refractivity contribution < 1.29 is 14.3 Å². The van der Waals surface area contributed by atoms with Gasteiger partial charge in [-0.05, 0) is 36.2 Å². The van der Waals surface area contributed by atoms with E-state index in [2.05, 4.69) is 15.3 Å². The molecule has 4 rings (SSSR count). The van der Waals surface area contributed by atoms with Crippen molar-refractivity contribution in [2.75, 3.05) is 19.0 Å². The fourth-order valence-electron chi connectivity index (χ4n) is 3.00. The minimum atomic E-state index is -0.276. The summed E-state index contributed by atoms with van der Waals surface area (Å²) in [6, 6.07) is 10.9. The van der Waals surface area contributed by atoms with E-state index >= 15 is 0 Å². The topological polar surface area (TPSA) is 96.2 Å². The molecule has 1 aliphatic rings. The summed E-state index contributed by atoms with van der Waals surface area (Å²) >= 11 is 0. The van der Waals surface area contributed by atoms with Crippen LogP contribution in [0.2, 0.25) is 0 Å². The number of rotatable bonds is 3. The number of carbonyl (C=O) groups excluding carboxylic acids is 1. The van der Waals surface area contributed by atoms with Gasteiger partial charge in [-0.2, -0.15) is 0 Å². The second-order valence-corrected chi connectivity index (χ2v) is 6.01. The van der Waals surface area contributed by atoms with Crippen LogP contribution < -0.4 is 20.5 Å². The van der Waals surface area contributed by atoms with Gasteiger partial charge in [0.05, 0.1) is 24.1 Å². The van der Waals surface area contributed by atoms with Crippen molar-refractivity contribution in [2.45, 2.75) is 6.42 Å². The number of hydrogen-bond donors (Lipinski definition) is 3. The van der Waals surface area contributed by atoms with Gasteiger partial charge in [-0.15, -0.1) is 0 Å². The van der Waals surface area contributed by atoms with Gasteiger partial charge in [0, 0.05) is 11.8 Å². The SMILES string of the molecule is COc1ccc2c(c1)OC[C@H](C(=O)Nc1ccc3[nH]c(=O)[nH]c3c1)C2. The molecule has 1 atom stereocenters. The Bertz CT molecular complexity index is 1000. The first kappa shape index (κ1) is 15.3. The monoisotopic (exact) mass is 339 g/mol. The molecule has 7 heteroatoms. The Morgan fingerprint density at radius 1 is 1.20 bits per heavy atom. The van der Waals surface area contributed by atoms with E-state index in [1.165, 1.54) is 0 Å². The molecule has 0 aliphatic carbocycles. The quantitative estimate of drug-likeness (QED) is 0.680. The number of methoxy groups -OCH3 is 1. The average Bonchev–Trinajstić information content (AvgIpc) is 3.00. The van der Waals surface area contributed by atoms with E-state index in [4.69, 9.17) is 9.47 Å². The molecule has 1 aromatic heterocycles. The van der Waals surface area contributed by atoms with Crippen LogP contribution in [0.1, 0.15) is 5.56 Å². The summed E-state index contributed by atoms with van der Waals surface area (Å²) in [4.78, 5) is 29.2. The second-order valence-electron chi connectivity index (χ2n) is 6.01. The van der Waals surface area contributed by atoms with E-state index in [0.717, 1.165) is 17.1 Å². The summed E-state index contributed by atoms with van der Waals surface area (Å²) < 4.78 is 10.9. The van der Waals surface area contributed by atoms with Gasteiger partial charge in [0.2, 0.25) is 5.91 Å². The number of aromatic nitrogens is 2. The van der Waals surface area contributed by atoms with Gasteiger partial charge in [0.1, 0.15) is 18.1 Å². The van der Waals surface area contributed by atoms with Crippen molar-refractivity contribution in [1.29, 1.82) is 0 Å². The molecule has 2 aromatic carbocycles. The average molecular weight is 339 g/mol. The third kappa shape index (κ3) is 2.96. The molecule has 0 fully saturated rings. The van der Waals surface area contributed by atoms with Crippen molar-refractivity contribution in [3.05, 3.63) is 52.4 Å². The van der Waals surface area contributed by atoms with E-state index in [1.54, 1.807) is 25.3 Å². The maximum atomic E-state index is 12.5. The number of nitrogens with one attached hydrogen (secondary N) is 3. The highest BCUT2D eigenvalue weighted by Gasteiger charge is 2.26.